The van der Waals surface area contributed by atoms with Crippen molar-refractivity contribution >= 4 is 21.6 Å². The summed E-state index contributed by atoms with van der Waals surface area (Å²) in [5.74, 6) is 1.59. The molecule has 1 aromatic rings. The predicted molar refractivity (Wildman–Crippen MR) is 72.5 cm³/mol. The molecule has 0 unspecified atom stereocenters. The van der Waals surface area contributed by atoms with Crippen LogP contribution >= 0.6 is 15.9 Å². The molecule has 0 fully saturated rings. The summed E-state index contributed by atoms with van der Waals surface area (Å²) in [5, 5.41) is 3.04. The van der Waals surface area contributed by atoms with Gasteiger partial charge in [0.1, 0.15) is 0 Å². The number of rotatable bonds is 1. The lowest BCUT2D eigenvalue weighted by Crippen LogP contribution is -1.93. The van der Waals surface area contributed by atoms with E-state index in [4.69, 9.17) is 9.47 Å². The summed E-state index contributed by atoms with van der Waals surface area (Å²) >= 11 is 3.41. The standard InChI is InChI=1S/C8H8BrNO2.2C2H6/c1-10-6-3-8-7(2-5(6)9)11-4-12-8;2*1-2/h2-3,10H,4H2,1H3;2*1-2H3. The maximum Gasteiger partial charge on any atom is 0.231 e. The normalized spacial score (nSPS) is 10.6. The molecule has 1 aliphatic heterocycles. The molecule has 1 aromatic carbocycles. The summed E-state index contributed by atoms with van der Waals surface area (Å²) in [7, 11) is 1.86. The Labute approximate surface area is 106 Å². The number of halogens is 1. The maximum absolute atomic E-state index is 5.21. The van der Waals surface area contributed by atoms with Crippen molar-refractivity contribution in [3.8, 4) is 11.5 Å². The van der Waals surface area contributed by atoms with Gasteiger partial charge < -0.3 is 14.8 Å². The zero-order chi connectivity index (χ0) is 12.6. The second-order valence-electron chi connectivity index (χ2n) is 2.44. The van der Waals surface area contributed by atoms with Crippen molar-refractivity contribution < 1.29 is 9.47 Å². The molecule has 0 amide bonds. The molecule has 4 heteroatoms. The van der Waals surface area contributed by atoms with E-state index < -0.39 is 0 Å². The van der Waals surface area contributed by atoms with Crippen LogP contribution < -0.4 is 14.8 Å². The van der Waals surface area contributed by atoms with Crippen molar-refractivity contribution in [2.75, 3.05) is 19.2 Å². The number of nitrogens with one attached hydrogen (secondary N) is 1. The Balaban J connectivity index is 0.000000509. The third-order valence-corrected chi connectivity index (χ3v) is 2.39. The van der Waals surface area contributed by atoms with E-state index in [0.717, 1.165) is 21.7 Å². The van der Waals surface area contributed by atoms with E-state index in [-0.39, 0.29) is 0 Å². The highest BCUT2D eigenvalue weighted by molar-refractivity contribution is 9.10. The minimum atomic E-state index is 0.314. The molecule has 0 atom stereocenters. The van der Waals surface area contributed by atoms with E-state index in [1.165, 1.54) is 0 Å². The largest absolute Gasteiger partial charge is 0.454 e. The fourth-order valence-electron chi connectivity index (χ4n) is 1.11. The highest BCUT2D eigenvalue weighted by atomic mass is 79.9. The Morgan fingerprint density at radius 2 is 1.56 bits per heavy atom. The van der Waals surface area contributed by atoms with Crippen LogP contribution in [0.2, 0.25) is 0 Å². The van der Waals surface area contributed by atoms with Crippen molar-refractivity contribution in [3.63, 3.8) is 0 Å². The third-order valence-electron chi connectivity index (χ3n) is 1.73. The van der Waals surface area contributed by atoms with Crippen molar-refractivity contribution in [2.24, 2.45) is 0 Å². The minimum Gasteiger partial charge on any atom is -0.454 e. The van der Waals surface area contributed by atoms with Crippen LogP contribution in [-0.2, 0) is 0 Å². The number of hydrogen-bond donors (Lipinski definition) is 1. The predicted octanol–water partition coefficient (Wildman–Crippen LogP) is 4.27. The van der Waals surface area contributed by atoms with Gasteiger partial charge in [-0.05, 0) is 15.9 Å². The molecular formula is C12H20BrNO2. The van der Waals surface area contributed by atoms with E-state index in [2.05, 4.69) is 21.2 Å². The van der Waals surface area contributed by atoms with Gasteiger partial charge in [-0.2, -0.15) is 0 Å². The Morgan fingerprint density at radius 1 is 1.06 bits per heavy atom. The number of hydrogen-bond acceptors (Lipinski definition) is 3. The van der Waals surface area contributed by atoms with Crippen LogP contribution in [0.4, 0.5) is 5.69 Å². The van der Waals surface area contributed by atoms with Crippen molar-refractivity contribution in [1.29, 1.82) is 0 Å². The van der Waals surface area contributed by atoms with Crippen molar-refractivity contribution in [1.82, 2.24) is 0 Å². The molecule has 3 nitrogen and oxygen atoms in total. The van der Waals surface area contributed by atoms with Crippen LogP contribution in [0.3, 0.4) is 0 Å². The Bertz CT molecular complexity index is 315. The second-order valence-corrected chi connectivity index (χ2v) is 3.29. The first kappa shape index (κ1) is 15.1. The van der Waals surface area contributed by atoms with E-state index in [9.17, 15) is 0 Å². The Hall–Kier alpha value is -0.900. The van der Waals surface area contributed by atoms with Gasteiger partial charge in [-0.1, -0.05) is 27.7 Å². The molecule has 1 heterocycles. The van der Waals surface area contributed by atoms with E-state index in [1.54, 1.807) is 0 Å². The molecule has 16 heavy (non-hydrogen) atoms. The molecule has 92 valence electrons. The Morgan fingerprint density at radius 3 is 2.06 bits per heavy atom. The molecule has 0 radical (unpaired) electrons. The topological polar surface area (TPSA) is 30.5 Å². The van der Waals surface area contributed by atoms with Gasteiger partial charge in [-0.25, -0.2) is 0 Å². The lowest BCUT2D eigenvalue weighted by Gasteiger charge is -2.04. The number of fused-ring (bicyclic) bond motifs is 1. The van der Waals surface area contributed by atoms with E-state index in [1.807, 2.05) is 46.9 Å². The molecule has 0 bridgehead atoms. The van der Waals surface area contributed by atoms with Gasteiger partial charge in [0, 0.05) is 23.7 Å². The van der Waals surface area contributed by atoms with Gasteiger partial charge in [-0.3, -0.25) is 0 Å². The first-order valence-corrected chi connectivity index (χ1v) is 6.37. The smallest absolute Gasteiger partial charge is 0.231 e. The average molecular weight is 290 g/mol. The molecule has 0 spiro atoms. The van der Waals surface area contributed by atoms with Gasteiger partial charge >= 0.3 is 0 Å². The van der Waals surface area contributed by atoms with E-state index in [0.29, 0.717) is 6.79 Å². The third kappa shape index (κ3) is 3.59. The minimum absolute atomic E-state index is 0.314. The molecule has 1 N–H and O–H groups in total. The highest BCUT2D eigenvalue weighted by Crippen LogP contribution is 2.38. The molecule has 2 rings (SSSR count). The summed E-state index contributed by atoms with van der Waals surface area (Å²) < 4.78 is 11.4. The lowest BCUT2D eigenvalue weighted by atomic mass is 10.3. The van der Waals surface area contributed by atoms with Gasteiger partial charge in [-0.15, -0.1) is 0 Å². The van der Waals surface area contributed by atoms with Crippen LogP contribution in [0.1, 0.15) is 27.7 Å². The quantitative estimate of drug-likeness (QED) is 0.837. The van der Waals surface area contributed by atoms with Gasteiger partial charge in [0.05, 0.1) is 5.69 Å². The first-order valence-electron chi connectivity index (χ1n) is 5.58. The molecule has 0 aliphatic carbocycles. The van der Waals surface area contributed by atoms with Gasteiger partial charge in [0.15, 0.2) is 11.5 Å². The fraction of sp³-hybridized carbons (Fsp3) is 0.500. The van der Waals surface area contributed by atoms with Gasteiger partial charge in [0.25, 0.3) is 0 Å². The van der Waals surface area contributed by atoms with Crippen LogP contribution in [-0.4, -0.2) is 13.8 Å². The van der Waals surface area contributed by atoms with E-state index >= 15 is 0 Å². The number of benzene rings is 1. The summed E-state index contributed by atoms with van der Waals surface area (Å²) in [6, 6.07) is 3.81. The van der Waals surface area contributed by atoms with Crippen LogP contribution in [0, 0.1) is 0 Å². The first-order chi connectivity index (χ1) is 7.81. The summed E-state index contributed by atoms with van der Waals surface area (Å²) in [5.41, 5.74) is 0.999. The highest BCUT2D eigenvalue weighted by Gasteiger charge is 2.15. The van der Waals surface area contributed by atoms with Crippen molar-refractivity contribution in [3.05, 3.63) is 16.6 Å². The summed E-state index contributed by atoms with van der Waals surface area (Å²) in [6.45, 7) is 8.31. The number of ether oxygens (including phenoxy) is 2. The van der Waals surface area contributed by atoms with Gasteiger partial charge in [0.2, 0.25) is 6.79 Å². The summed E-state index contributed by atoms with van der Waals surface area (Å²) in [4.78, 5) is 0. The molecule has 0 aromatic heterocycles. The molecule has 1 aliphatic rings. The molecular weight excluding hydrogens is 270 g/mol. The monoisotopic (exact) mass is 289 g/mol. The maximum atomic E-state index is 5.21. The molecule has 0 saturated heterocycles. The van der Waals surface area contributed by atoms with Crippen molar-refractivity contribution in [2.45, 2.75) is 27.7 Å². The second kappa shape index (κ2) is 8.28. The summed E-state index contributed by atoms with van der Waals surface area (Å²) in [6.07, 6.45) is 0. The SMILES string of the molecule is CC.CC.CNc1cc2c(cc1Br)OCO2. The zero-order valence-electron chi connectivity index (χ0n) is 10.6. The number of anilines is 1. The van der Waals surface area contributed by atoms with Crippen LogP contribution in [0.25, 0.3) is 0 Å². The molecule has 0 saturated carbocycles. The Kier molecular flexibility index (Phi) is 7.81. The van der Waals surface area contributed by atoms with Crippen LogP contribution in [0.15, 0.2) is 16.6 Å². The fourth-order valence-corrected chi connectivity index (χ4v) is 1.63. The zero-order valence-corrected chi connectivity index (χ0v) is 12.1. The lowest BCUT2D eigenvalue weighted by molar-refractivity contribution is 0.174. The average Bonchev–Trinajstić information content (AvgIpc) is 2.80. The van der Waals surface area contributed by atoms with Crippen LogP contribution in [0.5, 0.6) is 11.5 Å².